The molecule has 0 aromatic carbocycles. The van der Waals surface area contributed by atoms with Crippen molar-refractivity contribution in [3.05, 3.63) is 22.3 Å². The molecule has 64 valence electrons. The van der Waals surface area contributed by atoms with Crippen LogP contribution in [0.1, 0.15) is 5.56 Å². The minimum absolute atomic E-state index is 0.336. The standard InChI is InChI=1S/C7H7BrN2O2/c1-4-2-6(10-7(11)12)9-3-5(4)8/h2-3H,1H3,(H,9,10)(H,11,12). The molecule has 1 rings (SSSR count). The average Bonchev–Trinajstić information content (AvgIpc) is 1.96. The molecule has 1 aromatic rings. The summed E-state index contributed by atoms with van der Waals surface area (Å²) in [7, 11) is 0. The molecule has 1 amide bonds. The van der Waals surface area contributed by atoms with Gasteiger partial charge in [-0.1, -0.05) is 0 Å². The molecule has 0 aliphatic rings. The van der Waals surface area contributed by atoms with Gasteiger partial charge in [-0.05, 0) is 34.5 Å². The monoisotopic (exact) mass is 230 g/mol. The lowest BCUT2D eigenvalue weighted by Crippen LogP contribution is -2.08. The van der Waals surface area contributed by atoms with E-state index in [1.165, 1.54) is 0 Å². The highest BCUT2D eigenvalue weighted by atomic mass is 79.9. The molecule has 0 saturated heterocycles. The summed E-state index contributed by atoms with van der Waals surface area (Å²) in [4.78, 5) is 14.0. The second kappa shape index (κ2) is 3.53. The van der Waals surface area contributed by atoms with E-state index in [4.69, 9.17) is 5.11 Å². The summed E-state index contributed by atoms with van der Waals surface area (Å²) < 4.78 is 0.860. The van der Waals surface area contributed by atoms with E-state index in [1.54, 1.807) is 12.3 Å². The van der Waals surface area contributed by atoms with Crippen molar-refractivity contribution in [2.45, 2.75) is 6.92 Å². The van der Waals surface area contributed by atoms with Gasteiger partial charge in [-0.3, -0.25) is 5.32 Å². The molecule has 1 aromatic heterocycles. The number of nitrogens with zero attached hydrogens (tertiary/aromatic N) is 1. The maximum atomic E-state index is 10.2. The highest BCUT2D eigenvalue weighted by Gasteiger charge is 2.00. The van der Waals surface area contributed by atoms with Crippen LogP contribution in [0.15, 0.2) is 16.7 Å². The van der Waals surface area contributed by atoms with E-state index in [0.29, 0.717) is 5.82 Å². The van der Waals surface area contributed by atoms with Crippen molar-refractivity contribution in [1.29, 1.82) is 0 Å². The Kier molecular flexibility index (Phi) is 2.65. The Morgan fingerprint density at radius 3 is 2.92 bits per heavy atom. The minimum Gasteiger partial charge on any atom is -0.465 e. The first-order valence-electron chi connectivity index (χ1n) is 3.21. The second-order valence-electron chi connectivity index (χ2n) is 2.25. The molecular weight excluding hydrogens is 224 g/mol. The number of amides is 1. The summed E-state index contributed by atoms with van der Waals surface area (Å²) in [5.74, 6) is 0.336. The van der Waals surface area contributed by atoms with Gasteiger partial charge in [0.2, 0.25) is 0 Å². The number of hydrogen-bond acceptors (Lipinski definition) is 2. The molecule has 1 heterocycles. The van der Waals surface area contributed by atoms with Gasteiger partial charge in [0.25, 0.3) is 0 Å². The van der Waals surface area contributed by atoms with Crippen LogP contribution in [0, 0.1) is 6.92 Å². The van der Waals surface area contributed by atoms with Gasteiger partial charge in [-0.25, -0.2) is 9.78 Å². The van der Waals surface area contributed by atoms with Crippen LogP contribution in [0.25, 0.3) is 0 Å². The van der Waals surface area contributed by atoms with Crippen LogP contribution in [0.4, 0.5) is 10.6 Å². The molecule has 12 heavy (non-hydrogen) atoms. The Hall–Kier alpha value is -1.10. The molecule has 0 saturated carbocycles. The predicted molar refractivity (Wildman–Crippen MR) is 48.3 cm³/mol. The number of hydrogen-bond donors (Lipinski definition) is 2. The third kappa shape index (κ3) is 2.20. The third-order valence-corrected chi connectivity index (χ3v) is 2.11. The fourth-order valence-electron chi connectivity index (χ4n) is 0.717. The Balaban J connectivity index is 2.89. The predicted octanol–water partition coefficient (Wildman–Crippen LogP) is 2.24. The van der Waals surface area contributed by atoms with Gasteiger partial charge in [-0.2, -0.15) is 0 Å². The maximum Gasteiger partial charge on any atom is 0.410 e. The fraction of sp³-hybridized carbons (Fsp3) is 0.143. The second-order valence-corrected chi connectivity index (χ2v) is 3.10. The number of aryl methyl sites for hydroxylation is 1. The number of aromatic nitrogens is 1. The minimum atomic E-state index is -1.11. The van der Waals surface area contributed by atoms with Gasteiger partial charge in [0.1, 0.15) is 5.82 Å². The average molecular weight is 231 g/mol. The summed E-state index contributed by atoms with van der Waals surface area (Å²) in [6, 6.07) is 1.65. The van der Waals surface area contributed by atoms with Crippen molar-refractivity contribution in [1.82, 2.24) is 4.98 Å². The topological polar surface area (TPSA) is 62.2 Å². The van der Waals surface area contributed by atoms with Crippen molar-refractivity contribution >= 4 is 27.8 Å². The van der Waals surface area contributed by atoms with Gasteiger partial charge in [0.15, 0.2) is 0 Å². The van der Waals surface area contributed by atoms with Gasteiger partial charge < -0.3 is 5.11 Å². The number of pyridine rings is 1. The normalized spacial score (nSPS) is 9.50. The van der Waals surface area contributed by atoms with Gasteiger partial charge in [0.05, 0.1) is 0 Å². The van der Waals surface area contributed by atoms with Crippen molar-refractivity contribution in [2.24, 2.45) is 0 Å². The van der Waals surface area contributed by atoms with Crippen LogP contribution in [0.3, 0.4) is 0 Å². The molecule has 5 heteroatoms. The van der Waals surface area contributed by atoms with E-state index in [2.05, 4.69) is 26.2 Å². The van der Waals surface area contributed by atoms with E-state index >= 15 is 0 Å². The molecular formula is C7H7BrN2O2. The smallest absolute Gasteiger partial charge is 0.410 e. The summed E-state index contributed by atoms with van der Waals surface area (Å²) >= 11 is 3.26. The summed E-state index contributed by atoms with van der Waals surface area (Å²) in [5, 5.41) is 10.5. The molecule has 0 unspecified atom stereocenters. The maximum absolute atomic E-state index is 10.2. The van der Waals surface area contributed by atoms with Crippen LogP contribution in [0.5, 0.6) is 0 Å². The Labute approximate surface area is 77.8 Å². The van der Waals surface area contributed by atoms with Crippen molar-refractivity contribution in [3.8, 4) is 0 Å². The highest BCUT2D eigenvalue weighted by molar-refractivity contribution is 9.10. The van der Waals surface area contributed by atoms with Crippen LogP contribution in [0.2, 0.25) is 0 Å². The lowest BCUT2D eigenvalue weighted by Gasteiger charge is -2.01. The van der Waals surface area contributed by atoms with E-state index in [1.807, 2.05) is 6.92 Å². The number of halogens is 1. The first kappa shape index (κ1) is 8.99. The largest absolute Gasteiger partial charge is 0.465 e. The molecule has 2 N–H and O–H groups in total. The fourth-order valence-corrected chi connectivity index (χ4v) is 0.934. The van der Waals surface area contributed by atoms with Gasteiger partial charge in [0, 0.05) is 10.7 Å². The molecule has 0 radical (unpaired) electrons. The van der Waals surface area contributed by atoms with Crippen LogP contribution in [-0.4, -0.2) is 16.2 Å². The molecule has 0 spiro atoms. The quantitative estimate of drug-likeness (QED) is 0.778. The van der Waals surface area contributed by atoms with Gasteiger partial charge >= 0.3 is 6.09 Å². The van der Waals surface area contributed by atoms with Crippen molar-refractivity contribution in [2.75, 3.05) is 5.32 Å². The molecule has 0 atom stereocenters. The lowest BCUT2D eigenvalue weighted by molar-refractivity contribution is 0.209. The first-order valence-corrected chi connectivity index (χ1v) is 4.01. The number of rotatable bonds is 1. The number of carbonyl (C=O) groups is 1. The Bertz CT molecular complexity index is 314. The van der Waals surface area contributed by atoms with E-state index in [-0.39, 0.29) is 0 Å². The van der Waals surface area contributed by atoms with E-state index in [9.17, 15) is 4.79 Å². The molecule has 4 nitrogen and oxygen atoms in total. The van der Waals surface area contributed by atoms with Crippen molar-refractivity contribution < 1.29 is 9.90 Å². The van der Waals surface area contributed by atoms with Crippen molar-refractivity contribution in [3.63, 3.8) is 0 Å². The number of anilines is 1. The van der Waals surface area contributed by atoms with E-state index in [0.717, 1.165) is 10.0 Å². The Morgan fingerprint density at radius 2 is 2.42 bits per heavy atom. The Morgan fingerprint density at radius 1 is 1.75 bits per heavy atom. The van der Waals surface area contributed by atoms with Crippen LogP contribution in [-0.2, 0) is 0 Å². The SMILES string of the molecule is Cc1cc(NC(=O)O)ncc1Br. The van der Waals surface area contributed by atoms with Crippen LogP contribution >= 0.6 is 15.9 Å². The zero-order chi connectivity index (χ0) is 9.14. The lowest BCUT2D eigenvalue weighted by atomic mass is 10.3. The zero-order valence-electron chi connectivity index (χ0n) is 6.34. The molecule has 0 bridgehead atoms. The van der Waals surface area contributed by atoms with Gasteiger partial charge in [-0.15, -0.1) is 0 Å². The molecule has 0 aliphatic heterocycles. The number of nitrogens with one attached hydrogen (secondary N) is 1. The highest BCUT2D eigenvalue weighted by Crippen LogP contribution is 2.16. The molecule has 0 aliphatic carbocycles. The third-order valence-electron chi connectivity index (χ3n) is 1.28. The first-order chi connectivity index (χ1) is 5.59. The van der Waals surface area contributed by atoms with E-state index < -0.39 is 6.09 Å². The number of carboxylic acid groups (broad SMARTS) is 1. The van der Waals surface area contributed by atoms with Crippen LogP contribution < -0.4 is 5.32 Å². The molecule has 0 fully saturated rings. The summed E-state index contributed by atoms with van der Waals surface area (Å²) in [6.45, 7) is 1.86. The summed E-state index contributed by atoms with van der Waals surface area (Å²) in [6.07, 6.45) is 0.449. The zero-order valence-corrected chi connectivity index (χ0v) is 7.92. The summed E-state index contributed by atoms with van der Waals surface area (Å²) in [5.41, 5.74) is 0.939.